The number of aliphatic carboxylic acids is 1. The second kappa shape index (κ2) is 5.86. The van der Waals surface area contributed by atoms with Crippen LogP contribution in [0.3, 0.4) is 0 Å². The monoisotopic (exact) mass is 266 g/mol. The molecule has 92 valence electrons. The Labute approximate surface area is 98.7 Å². The number of nitrogens with one attached hydrogen (secondary N) is 1. The maximum Gasteiger partial charge on any atom is 0.322 e. The van der Waals surface area contributed by atoms with Crippen molar-refractivity contribution < 1.29 is 19.7 Å². The highest BCUT2D eigenvalue weighted by molar-refractivity contribution is 8.10. The summed E-state index contributed by atoms with van der Waals surface area (Å²) in [5, 5.41) is 11.7. The Morgan fingerprint density at radius 2 is 2.31 bits per heavy atom. The van der Waals surface area contributed by atoms with E-state index in [4.69, 9.17) is 14.9 Å². The number of hydrogen-bond donors (Lipinski definition) is 4. The minimum atomic E-state index is -3.27. The highest BCUT2D eigenvalue weighted by atomic mass is 32.5. The fourth-order valence-corrected chi connectivity index (χ4v) is 2.10. The van der Waals surface area contributed by atoms with Crippen molar-refractivity contribution in [3.05, 3.63) is 11.9 Å². The molecule has 1 heterocycles. The van der Waals surface area contributed by atoms with Crippen LogP contribution in [-0.2, 0) is 16.6 Å². The first kappa shape index (κ1) is 13.8. The Balaban J connectivity index is 2.41. The van der Waals surface area contributed by atoms with Gasteiger partial charge in [0.2, 0.25) is 6.49 Å². The van der Waals surface area contributed by atoms with Crippen LogP contribution in [0.1, 0.15) is 0 Å². The van der Waals surface area contributed by atoms with Crippen molar-refractivity contribution in [2.75, 3.05) is 26.2 Å². The van der Waals surface area contributed by atoms with E-state index in [2.05, 4.69) is 17.1 Å². The molecule has 1 aliphatic heterocycles. The Morgan fingerprint density at radius 1 is 1.62 bits per heavy atom. The summed E-state index contributed by atoms with van der Waals surface area (Å²) in [5.74, 6) is 0.336. The zero-order chi connectivity index (χ0) is 12.2. The van der Waals surface area contributed by atoms with Gasteiger partial charge in [0.15, 0.2) is 0 Å². The quantitative estimate of drug-likeness (QED) is 0.493. The lowest BCUT2D eigenvalue weighted by atomic mass is 10.2. The first-order chi connectivity index (χ1) is 7.38. The van der Waals surface area contributed by atoms with Crippen LogP contribution >= 0.6 is 6.49 Å². The van der Waals surface area contributed by atoms with Gasteiger partial charge in [-0.05, 0) is 17.6 Å². The Kier molecular flexibility index (Phi) is 5.04. The number of hydrogen-bond acceptors (Lipinski definition) is 4. The smallest absolute Gasteiger partial charge is 0.322 e. The lowest BCUT2D eigenvalue weighted by Gasteiger charge is -2.30. The normalized spacial score (nSPS) is 23.8. The predicted octanol–water partition coefficient (Wildman–Crippen LogP) is -0.847. The molecular weight excluding hydrogens is 251 g/mol. The van der Waals surface area contributed by atoms with E-state index in [1.165, 1.54) is 5.82 Å². The Morgan fingerprint density at radius 3 is 2.88 bits per heavy atom. The summed E-state index contributed by atoms with van der Waals surface area (Å²) < 4.78 is 0. The van der Waals surface area contributed by atoms with E-state index in [1.54, 1.807) is 6.08 Å². The topological polar surface area (TPSA) is 93.0 Å². The lowest BCUT2D eigenvalue weighted by molar-refractivity contribution is -0.140. The third-order valence-corrected chi connectivity index (χ3v) is 3.19. The molecule has 0 aromatic heterocycles. The van der Waals surface area contributed by atoms with Gasteiger partial charge in [-0.15, -0.1) is 0 Å². The van der Waals surface area contributed by atoms with Crippen molar-refractivity contribution in [2.24, 2.45) is 0 Å². The van der Waals surface area contributed by atoms with Crippen LogP contribution in [-0.4, -0.2) is 58.0 Å². The SMILES string of the molecule is O=C(O)[C@H]1CN(C/C=C\P(O)(O)=S)CCN1. The average Bonchev–Trinajstić information content (AvgIpc) is 2.16. The van der Waals surface area contributed by atoms with Crippen LogP contribution < -0.4 is 5.32 Å². The van der Waals surface area contributed by atoms with Gasteiger partial charge in [-0.2, -0.15) is 0 Å². The van der Waals surface area contributed by atoms with Crippen molar-refractivity contribution in [1.29, 1.82) is 0 Å². The number of carbonyl (C=O) groups is 1. The molecule has 4 N–H and O–H groups in total. The van der Waals surface area contributed by atoms with E-state index in [-0.39, 0.29) is 0 Å². The van der Waals surface area contributed by atoms with Crippen molar-refractivity contribution in [1.82, 2.24) is 10.2 Å². The second-order valence-electron chi connectivity index (χ2n) is 3.58. The number of piperazine rings is 1. The molecule has 6 nitrogen and oxygen atoms in total. The predicted molar refractivity (Wildman–Crippen MR) is 63.7 cm³/mol. The van der Waals surface area contributed by atoms with Crippen LogP contribution in [0.4, 0.5) is 0 Å². The maximum atomic E-state index is 10.7. The molecule has 0 aromatic rings. The Bertz CT molecular complexity index is 330. The molecule has 0 spiro atoms. The molecule has 0 aliphatic carbocycles. The molecule has 1 fully saturated rings. The van der Waals surface area contributed by atoms with Crippen LogP contribution in [0.25, 0.3) is 0 Å². The molecule has 1 saturated heterocycles. The number of carboxylic acids is 1. The summed E-state index contributed by atoms with van der Waals surface area (Å²) in [6, 6.07) is -0.562. The maximum absolute atomic E-state index is 10.7. The summed E-state index contributed by atoms with van der Waals surface area (Å²) in [6.07, 6.45) is 1.57. The van der Waals surface area contributed by atoms with Crippen molar-refractivity contribution in [3.63, 3.8) is 0 Å². The fraction of sp³-hybridized carbons (Fsp3) is 0.625. The molecule has 1 rings (SSSR count). The van der Waals surface area contributed by atoms with Gasteiger partial charge < -0.3 is 20.2 Å². The summed E-state index contributed by atoms with van der Waals surface area (Å²) in [7, 11) is 0. The van der Waals surface area contributed by atoms with Crippen molar-refractivity contribution in [2.45, 2.75) is 6.04 Å². The van der Waals surface area contributed by atoms with E-state index in [0.29, 0.717) is 19.6 Å². The average molecular weight is 266 g/mol. The molecule has 16 heavy (non-hydrogen) atoms. The Hall–Kier alpha value is -0.300. The van der Waals surface area contributed by atoms with Crippen LogP contribution in [0.5, 0.6) is 0 Å². The van der Waals surface area contributed by atoms with Crippen LogP contribution in [0, 0.1) is 0 Å². The molecule has 0 bridgehead atoms. The molecule has 0 radical (unpaired) electrons. The third kappa shape index (κ3) is 5.16. The van der Waals surface area contributed by atoms with E-state index >= 15 is 0 Å². The van der Waals surface area contributed by atoms with E-state index in [0.717, 1.165) is 6.54 Å². The minimum absolute atomic E-state index is 0.402. The summed E-state index contributed by atoms with van der Waals surface area (Å²) in [4.78, 5) is 30.6. The molecule has 8 heteroatoms. The molecule has 0 saturated carbocycles. The van der Waals surface area contributed by atoms with Gasteiger partial charge in [0.25, 0.3) is 0 Å². The second-order valence-corrected chi connectivity index (χ2v) is 6.67. The summed E-state index contributed by atoms with van der Waals surface area (Å²) in [5.41, 5.74) is 0. The van der Waals surface area contributed by atoms with Gasteiger partial charge in [-0.25, -0.2) is 0 Å². The fourth-order valence-electron chi connectivity index (χ4n) is 1.48. The zero-order valence-corrected chi connectivity index (χ0v) is 10.3. The first-order valence-electron chi connectivity index (χ1n) is 4.80. The highest BCUT2D eigenvalue weighted by Crippen LogP contribution is 2.36. The highest BCUT2D eigenvalue weighted by Gasteiger charge is 2.23. The molecule has 0 aromatic carbocycles. The number of nitrogens with zero attached hydrogens (tertiary/aromatic N) is 1. The van der Waals surface area contributed by atoms with Gasteiger partial charge in [-0.3, -0.25) is 9.69 Å². The lowest BCUT2D eigenvalue weighted by Crippen LogP contribution is -2.54. The van der Waals surface area contributed by atoms with Crippen LogP contribution in [0.15, 0.2) is 11.9 Å². The molecule has 0 unspecified atom stereocenters. The standard InChI is InChI=1S/C8H15N2O4PS/c11-8(12)7-6-10(4-2-9-7)3-1-5-15(13,14)16/h1,5,7,9H,2-4,6H2,(H,11,12)(H2,13,14,16)/b5-1-/t7-/m1/s1. The van der Waals surface area contributed by atoms with Gasteiger partial charge in [-0.1, -0.05) is 6.08 Å². The zero-order valence-electron chi connectivity index (χ0n) is 8.61. The van der Waals surface area contributed by atoms with Crippen LogP contribution in [0.2, 0.25) is 0 Å². The molecule has 0 amide bonds. The minimum Gasteiger partial charge on any atom is -0.480 e. The summed E-state index contributed by atoms with van der Waals surface area (Å²) in [6.45, 7) is -1.06. The van der Waals surface area contributed by atoms with Gasteiger partial charge in [0, 0.05) is 26.2 Å². The van der Waals surface area contributed by atoms with E-state index in [1.807, 2.05) is 4.90 Å². The first-order valence-corrected chi connectivity index (χ1v) is 7.57. The molecule has 1 atom stereocenters. The summed E-state index contributed by atoms with van der Waals surface area (Å²) >= 11 is 4.43. The third-order valence-electron chi connectivity index (χ3n) is 2.22. The van der Waals surface area contributed by atoms with Gasteiger partial charge in [0.05, 0.1) is 0 Å². The van der Waals surface area contributed by atoms with Crippen molar-refractivity contribution >= 4 is 24.3 Å². The van der Waals surface area contributed by atoms with Gasteiger partial charge in [0.1, 0.15) is 6.04 Å². The number of carboxylic acid groups (broad SMARTS) is 1. The molecule has 1 aliphatic rings. The van der Waals surface area contributed by atoms with E-state index in [9.17, 15) is 4.79 Å². The van der Waals surface area contributed by atoms with Gasteiger partial charge >= 0.3 is 5.97 Å². The van der Waals surface area contributed by atoms with Crippen molar-refractivity contribution in [3.8, 4) is 0 Å². The number of rotatable bonds is 4. The largest absolute Gasteiger partial charge is 0.480 e. The van der Waals surface area contributed by atoms with E-state index < -0.39 is 18.5 Å². The molecular formula is C8H15N2O4PS.